The lowest BCUT2D eigenvalue weighted by Crippen LogP contribution is -2.43. The molecule has 0 aliphatic heterocycles. The summed E-state index contributed by atoms with van der Waals surface area (Å²) in [5.41, 5.74) is 0.0383. The minimum Gasteiger partial charge on any atom is -0.350 e. The topological polar surface area (TPSA) is 49.4 Å². The minimum absolute atomic E-state index is 0.0383. The normalized spacial score (nSPS) is 15.7. The summed E-state index contributed by atoms with van der Waals surface area (Å²) < 4.78 is 13.6. The van der Waals surface area contributed by atoms with E-state index in [1.807, 2.05) is 4.90 Å². The van der Waals surface area contributed by atoms with Gasteiger partial charge < -0.3 is 10.2 Å². The fourth-order valence-corrected chi connectivity index (χ4v) is 3.20. The molecule has 0 bridgehead atoms. The van der Waals surface area contributed by atoms with Gasteiger partial charge in [0.2, 0.25) is 5.91 Å². The molecule has 1 N–H and O–H groups in total. The molecule has 1 fully saturated rings. The van der Waals surface area contributed by atoms with Crippen LogP contribution in [0.5, 0.6) is 0 Å². The van der Waals surface area contributed by atoms with Crippen molar-refractivity contribution in [3.05, 3.63) is 35.6 Å². The lowest BCUT2D eigenvalue weighted by molar-refractivity contribution is -0.131. The first-order chi connectivity index (χ1) is 11.1. The van der Waals surface area contributed by atoms with Gasteiger partial charge in [-0.05, 0) is 25.0 Å². The number of benzene rings is 1. The van der Waals surface area contributed by atoms with Gasteiger partial charge in [0.25, 0.3) is 5.91 Å². The van der Waals surface area contributed by atoms with Crippen LogP contribution >= 0.6 is 0 Å². The van der Waals surface area contributed by atoms with Crippen LogP contribution in [-0.2, 0) is 4.79 Å². The van der Waals surface area contributed by atoms with Crippen LogP contribution in [0.3, 0.4) is 0 Å². The Morgan fingerprint density at radius 2 is 1.83 bits per heavy atom. The van der Waals surface area contributed by atoms with Crippen molar-refractivity contribution >= 4 is 11.8 Å². The zero-order chi connectivity index (χ0) is 16.7. The molecule has 0 aromatic heterocycles. The summed E-state index contributed by atoms with van der Waals surface area (Å²) in [5, 5.41) is 2.71. The molecule has 0 spiro atoms. The molecule has 1 aromatic carbocycles. The fraction of sp³-hybridized carbons (Fsp3) is 0.556. The molecule has 2 rings (SSSR count). The summed E-state index contributed by atoms with van der Waals surface area (Å²) in [7, 11) is 0. The lowest BCUT2D eigenvalue weighted by Gasteiger charge is -2.30. The number of amides is 2. The van der Waals surface area contributed by atoms with Crippen molar-refractivity contribution in [3.63, 3.8) is 0 Å². The first-order valence-corrected chi connectivity index (χ1v) is 8.39. The van der Waals surface area contributed by atoms with Gasteiger partial charge >= 0.3 is 0 Å². The maximum absolute atomic E-state index is 13.6. The fourth-order valence-electron chi connectivity index (χ4n) is 3.20. The molecule has 0 radical (unpaired) electrons. The molecule has 126 valence electrons. The van der Waals surface area contributed by atoms with Crippen LogP contribution < -0.4 is 5.32 Å². The molecule has 1 aliphatic rings. The van der Waals surface area contributed by atoms with Gasteiger partial charge in [-0.25, -0.2) is 4.39 Å². The largest absolute Gasteiger partial charge is 0.350 e. The molecule has 5 heteroatoms. The van der Waals surface area contributed by atoms with Crippen LogP contribution in [0.2, 0.25) is 0 Å². The monoisotopic (exact) mass is 320 g/mol. The highest BCUT2D eigenvalue weighted by atomic mass is 19.1. The van der Waals surface area contributed by atoms with Crippen molar-refractivity contribution < 1.29 is 14.0 Å². The van der Waals surface area contributed by atoms with Crippen LogP contribution in [0.4, 0.5) is 4.39 Å². The van der Waals surface area contributed by atoms with Crippen LogP contribution in [0, 0.1) is 5.82 Å². The summed E-state index contributed by atoms with van der Waals surface area (Å²) in [6.07, 6.45) is 6.81. The first kappa shape index (κ1) is 17.4. The lowest BCUT2D eigenvalue weighted by atomic mass is 10.1. The SMILES string of the molecule is CC(=O)N(CCNC(=O)c1ccccc1F)C1CCCCCC1. The maximum atomic E-state index is 13.6. The summed E-state index contributed by atoms with van der Waals surface area (Å²) in [4.78, 5) is 25.8. The molecule has 0 saturated heterocycles. The predicted molar refractivity (Wildman–Crippen MR) is 87.6 cm³/mol. The first-order valence-electron chi connectivity index (χ1n) is 8.39. The number of nitrogens with zero attached hydrogens (tertiary/aromatic N) is 1. The standard InChI is InChI=1S/C18H25FN2O2/c1-14(22)21(15-8-4-2-3-5-9-15)13-12-20-18(23)16-10-6-7-11-17(16)19/h6-7,10-11,15H,2-5,8-9,12-13H2,1H3,(H,20,23). The predicted octanol–water partition coefficient (Wildman–Crippen LogP) is 3.13. The van der Waals surface area contributed by atoms with Crippen LogP contribution in [0.15, 0.2) is 24.3 Å². The van der Waals surface area contributed by atoms with E-state index in [1.54, 1.807) is 19.1 Å². The third-order valence-electron chi connectivity index (χ3n) is 4.43. The smallest absolute Gasteiger partial charge is 0.254 e. The van der Waals surface area contributed by atoms with Gasteiger partial charge in [0, 0.05) is 26.1 Å². The highest BCUT2D eigenvalue weighted by Crippen LogP contribution is 2.21. The van der Waals surface area contributed by atoms with Crippen molar-refractivity contribution in [2.24, 2.45) is 0 Å². The van der Waals surface area contributed by atoms with Gasteiger partial charge in [-0.15, -0.1) is 0 Å². The average molecular weight is 320 g/mol. The van der Waals surface area contributed by atoms with Crippen LogP contribution in [-0.4, -0.2) is 35.8 Å². The van der Waals surface area contributed by atoms with Crippen molar-refractivity contribution in [2.75, 3.05) is 13.1 Å². The molecular weight excluding hydrogens is 295 g/mol. The van der Waals surface area contributed by atoms with Gasteiger partial charge in [0.05, 0.1) is 5.56 Å². The summed E-state index contributed by atoms with van der Waals surface area (Å²) in [6, 6.07) is 6.17. The van der Waals surface area contributed by atoms with Gasteiger partial charge in [0.1, 0.15) is 5.82 Å². The van der Waals surface area contributed by atoms with Crippen molar-refractivity contribution in [1.29, 1.82) is 0 Å². The van der Waals surface area contributed by atoms with E-state index in [0.717, 1.165) is 25.7 Å². The summed E-state index contributed by atoms with van der Waals surface area (Å²) >= 11 is 0. The maximum Gasteiger partial charge on any atom is 0.254 e. The molecule has 0 unspecified atom stereocenters. The molecule has 23 heavy (non-hydrogen) atoms. The van der Waals surface area contributed by atoms with Crippen LogP contribution in [0.1, 0.15) is 55.8 Å². The number of hydrogen-bond donors (Lipinski definition) is 1. The third kappa shape index (κ3) is 5.05. The molecule has 1 saturated carbocycles. The molecule has 0 heterocycles. The van der Waals surface area contributed by atoms with E-state index >= 15 is 0 Å². The second-order valence-electron chi connectivity index (χ2n) is 6.09. The number of rotatable bonds is 5. The highest BCUT2D eigenvalue weighted by Gasteiger charge is 2.22. The second kappa shape index (κ2) is 8.65. The van der Waals surface area contributed by atoms with Gasteiger partial charge in [-0.3, -0.25) is 9.59 Å². The number of hydrogen-bond acceptors (Lipinski definition) is 2. The molecular formula is C18H25FN2O2. The third-order valence-corrected chi connectivity index (χ3v) is 4.43. The Morgan fingerprint density at radius 1 is 1.17 bits per heavy atom. The molecule has 1 aromatic rings. The number of carbonyl (C=O) groups excluding carboxylic acids is 2. The van der Waals surface area contributed by atoms with E-state index in [0.29, 0.717) is 13.1 Å². The van der Waals surface area contributed by atoms with E-state index in [2.05, 4.69) is 5.32 Å². The number of nitrogens with one attached hydrogen (secondary N) is 1. The molecule has 2 amide bonds. The average Bonchev–Trinajstić information content (AvgIpc) is 2.80. The zero-order valence-electron chi connectivity index (χ0n) is 13.7. The Kier molecular flexibility index (Phi) is 6.56. The number of halogens is 1. The zero-order valence-corrected chi connectivity index (χ0v) is 13.7. The minimum atomic E-state index is -0.530. The second-order valence-corrected chi connectivity index (χ2v) is 6.09. The van der Waals surface area contributed by atoms with Gasteiger partial charge in [-0.1, -0.05) is 37.8 Å². The van der Waals surface area contributed by atoms with E-state index < -0.39 is 11.7 Å². The van der Waals surface area contributed by atoms with Crippen molar-refractivity contribution in [1.82, 2.24) is 10.2 Å². The Hall–Kier alpha value is -1.91. The summed E-state index contributed by atoms with van der Waals surface area (Å²) in [6.45, 7) is 2.38. The molecule has 4 nitrogen and oxygen atoms in total. The quantitative estimate of drug-likeness (QED) is 0.847. The summed E-state index contributed by atoms with van der Waals surface area (Å²) in [5.74, 6) is -0.929. The van der Waals surface area contributed by atoms with E-state index in [-0.39, 0.29) is 17.5 Å². The number of carbonyl (C=O) groups is 2. The highest BCUT2D eigenvalue weighted by molar-refractivity contribution is 5.94. The Bertz CT molecular complexity index is 540. The Labute approximate surface area is 137 Å². The van der Waals surface area contributed by atoms with E-state index in [1.165, 1.54) is 25.0 Å². The Morgan fingerprint density at radius 3 is 2.43 bits per heavy atom. The van der Waals surface area contributed by atoms with E-state index in [4.69, 9.17) is 0 Å². The van der Waals surface area contributed by atoms with Gasteiger partial charge in [0.15, 0.2) is 0 Å². The van der Waals surface area contributed by atoms with Gasteiger partial charge in [-0.2, -0.15) is 0 Å². The Balaban J connectivity index is 1.88. The van der Waals surface area contributed by atoms with Crippen LogP contribution in [0.25, 0.3) is 0 Å². The molecule has 0 atom stereocenters. The van der Waals surface area contributed by atoms with E-state index in [9.17, 15) is 14.0 Å². The van der Waals surface area contributed by atoms with Crippen molar-refractivity contribution in [2.45, 2.75) is 51.5 Å². The van der Waals surface area contributed by atoms with Crippen molar-refractivity contribution in [3.8, 4) is 0 Å². The molecule has 1 aliphatic carbocycles.